The number of aromatic amines is 1. The molecule has 3 heterocycles. The summed E-state index contributed by atoms with van der Waals surface area (Å²) in [5.74, 6) is 1.01. The highest BCUT2D eigenvalue weighted by molar-refractivity contribution is 5.84. The Morgan fingerprint density at radius 1 is 1.05 bits per heavy atom. The molecule has 0 amide bonds. The Kier molecular flexibility index (Phi) is 2.35. The predicted molar refractivity (Wildman–Crippen MR) is 74.8 cm³/mol. The van der Waals surface area contributed by atoms with Crippen molar-refractivity contribution in [3.8, 4) is 23.0 Å². The number of para-hydroxylation sites is 1. The number of rotatable bonds is 2. The SMILES string of the molecule is c1cncc(-c2noc(-c3cc4ccccc4[nH]3)n2)c1. The summed E-state index contributed by atoms with van der Waals surface area (Å²) in [6.07, 6.45) is 3.42. The zero-order chi connectivity index (χ0) is 13.4. The van der Waals surface area contributed by atoms with Gasteiger partial charge in [0, 0.05) is 28.9 Å². The maximum absolute atomic E-state index is 5.31. The molecule has 0 aliphatic rings. The van der Waals surface area contributed by atoms with E-state index in [1.807, 2.05) is 42.5 Å². The van der Waals surface area contributed by atoms with Gasteiger partial charge in [-0.2, -0.15) is 4.98 Å². The van der Waals surface area contributed by atoms with Gasteiger partial charge in [0.1, 0.15) is 5.69 Å². The van der Waals surface area contributed by atoms with E-state index in [-0.39, 0.29) is 0 Å². The van der Waals surface area contributed by atoms with E-state index in [1.165, 1.54) is 0 Å². The highest BCUT2D eigenvalue weighted by atomic mass is 16.5. The molecule has 1 N–H and O–H groups in total. The molecule has 0 atom stereocenters. The monoisotopic (exact) mass is 262 g/mol. The molecule has 0 saturated heterocycles. The molecule has 3 aromatic heterocycles. The van der Waals surface area contributed by atoms with Crippen LogP contribution in [0.15, 0.2) is 59.4 Å². The number of hydrogen-bond donors (Lipinski definition) is 1. The molecule has 0 unspecified atom stereocenters. The smallest absolute Gasteiger partial charge is 0.274 e. The highest BCUT2D eigenvalue weighted by Crippen LogP contribution is 2.24. The maximum atomic E-state index is 5.31. The van der Waals surface area contributed by atoms with Crippen molar-refractivity contribution in [1.29, 1.82) is 0 Å². The number of pyridine rings is 1. The van der Waals surface area contributed by atoms with E-state index < -0.39 is 0 Å². The van der Waals surface area contributed by atoms with Crippen LogP contribution in [0, 0.1) is 0 Å². The van der Waals surface area contributed by atoms with Crippen LogP contribution in [-0.4, -0.2) is 20.1 Å². The van der Waals surface area contributed by atoms with Crippen LogP contribution < -0.4 is 0 Å². The minimum atomic E-state index is 0.472. The summed E-state index contributed by atoms with van der Waals surface area (Å²) >= 11 is 0. The van der Waals surface area contributed by atoms with E-state index in [1.54, 1.807) is 12.4 Å². The predicted octanol–water partition coefficient (Wildman–Crippen LogP) is 3.28. The molecule has 0 radical (unpaired) electrons. The molecule has 0 bridgehead atoms. The third-order valence-corrected chi connectivity index (χ3v) is 3.11. The van der Waals surface area contributed by atoms with Crippen LogP contribution in [0.3, 0.4) is 0 Å². The summed E-state index contributed by atoms with van der Waals surface area (Å²) in [6.45, 7) is 0. The van der Waals surface area contributed by atoms with Crippen LogP contribution in [-0.2, 0) is 0 Å². The third kappa shape index (κ3) is 1.76. The normalized spacial score (nSPS) is 11.0. The molecule has 96 valence electrons. The number of nitrogens with zero attached hydrogens (tertiary/aromatic N) is 3. The lowest BCUT2D eigenvalue weighted by atomic mass is 10.2. The molecule has 1 aromatic carbocycles. The summed E-state index contributed by atoms with van der Waals surface area (Å²) in [4.78, 5) is 11.7. The van der Waals surface area contributed by atoms with Crippen LogP contribution in [0.25, 0.3) is 33.9 Å². The first-order valence-corrected chi connectivity index (χ1v) is 6.22. The Bertz CT molecular complexity index is 831. The van der Waals surface area contributed by atoms with Gasteiger partial charge in [-0.3, -0.25) is 4.98 Å². The topological polar surface area (TPSA) is 67.6 Å². The second kappa shape index (κ2) is 4.31. The first-order valence-electron chi connectivity index (χ1n) is 6.22. The van der Waals surface area contributed by atoms with Gasteiger partial charge in [-0.05, 0) is 24.3 Å². The number of fused-ring (bicyclic) bond motifs is 1. The average molecular weight is 262 g/mol. The fourth-order valence-electron chi connectivity index (χ4n) is 2.13. The molecule has 0 aliphatic carbocycles. The van der Waals surface area contributed by atoms with E-state index in [9.17, 15) is 0 Å². The zero-order valence-corrected chi connectivity index (χ0v) is 10.4. The number of benzene rings is 1. The van der Waals surface area contributed by atoms with Gasteiger partial charge < -0.3 is 9.51 Å². The van der Waals surface area contributed by atoms with Crippen LogP contribution in [0.2, 0.25) is 0 Å². The van der Waals surface area contributed by atoms with Crippen LogP contribution in [0.5, 0.6) is 0 Å². The van der Waals surface area contributed by atoms with E-state index in [0.717, 1.165) is 22.2 Å². The first kappa shape index (κ1) is 10.9. The van der Waals surface area contributed by atoms with Crippen LogP contribution in [0.4, 0.5) is 0 Å². The largest absolute Gasteiger partial charge is 0.351 e. The number of nitrogens with one attached hydrogen (secondary N) is 1. The molecule has 20 heavy (non-hydrogen) atoms. The summed E-state index contributed by atoms with van der Waals surface area (Å²) in [5.41, 5.74) is 2.69. The molecule has 0 saturated carbocycles. The van der Waals surface area contributed by atoms with Gasteiger partial charge in [0.25, 0.3) is 5.89 Å². The van der Waals surface area contributed by atoms with Crippen molar-refractivity contribution in [3.05, 3.63) is 54.9 Å². The van der Waals surface area contributed by atoms with Crippen molar-refractivity contribution < 1.29 is 4.52 Å². The lowest BCUT2D eigenvalue weighted by Crippen LogP contribution is -1.81. The molecule has 0 spiro atoms. The third-order valence-electron chi connectivity index (χ3n) is 3.11. The standard InChI is InChI=1S/C15H10N4O/c1-2-6-12-10(4-1)8-13(17-12)15-18-14(19-20-15)11-5-3-7-16-9-11/h1-9,17H. The molecule has 4 aromatic rings. The van der Waals surface area contributed by atoms with Gasteiger partial charge in [-0.1, -0.05) is 23.4 Å². The Morgan fingerprint density at radius 2 is 2.00 bits per heavy atom. The fourth-order valence-corrected chi connectivity index (χ4v) is 2.13. The van der Waals surface area contributed by atoms with Crippen molar-refractivity contribution in [1.82, 2.24) is 20.1 Å². The Balaban J connectivity index is 1.78. The second-order valence-electron chi connectivity index (χ2n) is 4.44. The average Bonchev–Trinajstić information content (AvgIpc) is 3.14. The van der Waals surface area contributed by atoms with Gasteiger partial charge in [-0.25, -0.2) is 0 Å². The summed E-state index contributed by atoms with van der Waals surface area (Å²) < 4.78 is 5.31. The van der Waals surface area contributed by atoms with Crippen molar-refractivity contribution in [2.24, 2.45) is 0 Å². The number of aromatic nitrogens is 4. The van der Waals surface area contributed by atoms with E-state index >= 15 is 0 Å². The quantitative estimate of drug-likeness (QED) is 0.602. The summed E-state index contributed by atoms with van der Waals surface area (Å²) in [5, 5.41) is 5.10. The lowest BCUT2D eigenvalue weighted by molar-refractivity contribution is 0.431. The van der Waals surface area contributed by atoms with Crippen molar-refractivity contribution in [2.45, 2.75) is 0 Å². The van der Waals surface area contributed by atoms with E-state index in [0.29, 0.717) is 11.7 Å². The Morgan fingerprint density at radius 3 is 2.85 bits per heavy atom. The van der Waals surface area contributed by atoms with Crippen molar-refractivity contribution in [2.75, 3.05) is 0 Å². The number of hydrogen-bond acceptors (Lipinski definition) is 4. The van der Waals surface area contributed by atoms with Gasteiger partial charge in [0.15, 0.2) is 0 Å². The Labute approximate surface area is 114 Å². The molecule has 5 nitrogen and oxygen atoms in total. The lowest BCUT2D eigenvalue weighted by Gasteiger charge is -1.89. The van der Waals surface area contributed by atoms with Crippen LogP contribution in [0.1, 0.15) is 0 Å². The molecular formula is C15H10N4O. The maximum Gasteiger partial charge on any atom is 0.274 e. The molecule has 5 heteroatoms. The van der Waals surface area contributed by atoms with Gasteiger partial charge in [0.05, 0.1) is 0 Å². The van der Waals surface area contributed by atoms with E-state index in [4.69, 9.17) is 4.52 Å². The molecule has 0 aliphatic heterocycles. The second-order valence-corrected chi connectivity index (χ2v) is 4.44. The van der Waals surface area contributed by atoms with Crippen LogP contribution >= 0.6 is 0 Å². The van der Waals surface area contributed by atoms with Gasteiger partial charge in [-0.15, -0.1) is 0 Å². The summed E-state index contributed by atoms with van der Waals surface area (Å²) in [7, 11) is 0. The van der Waals surface area contributed by atoms with Gasteiger partial charge in [0.2, 0.25) is 5.82 Å². The summed E-state index contributed by atoms with van der Waals surface area (Å²) in [6, 6.07) is 13.8. The van der Waals surface area contributed by atoms with E-state index in [2.05, 4.69) is 20.1 Å². The fraction of sp³-hybridized carbons (Fsp3) is 0. The Hall–Kier alpha value is -2.95. The highest BCUT2D eigenvalue weighted by Gasteiger charge is 2.12. The zero-order valence-electron chi connectivity index (χ0n) is 10.4. The molecular weight excluding hydrogens is 252 g/mol. The number of H-pyrrole nitrogens is 1. The minimum absolute atomic E-state index is 0.472. The van der Waals surface area contributed by atoms with Crippen molar-refractivity contribution in [3.63, 3.8) is 0 Å². The molecule has 4 rings (SSSR count). The van der Waals surface area contributed by atoms with Gasteiger partial charge >= 0.3 is 0 Å². The van der Waals surface area contributed by atoms with Crippen molar-refractivity contribution >= 4 is 10.9 Å². The molecule has 0 fully saturated rings. The minimum Gasteiger partial charge on any atom is -0.351 e. The first-order chi connectivity index (χ1) is 9.90.